The highest BCUT2D eigenvalue weighted by molar-refractivity contribution is 6.04. The molecule has 0 saturated heterocycles. The van der Waals surface area contributed by atoms with Gasteiger partial charge in [-0.15, -0.1) is 0 Å². The van der Waals surface area contributed by atoms with E-state index in [1.807, 2.05) is 24.3 Å². The fourth-order valence-corrected chi connectivity index (χ4v) is 1.78. The molecule has 0 saturated carbocycles. The molecule has 17 heavy (non-hydrogen) atoms. The lowest BCUT2D eigenvalue weighted by atomic mass is 10.0. The van der Waals surface area contributed by atoms with E-state index in [2.05, 4.69) is 6.92 Å². The monoisotopic (exact) mass is 231 g/mol. The molecule has 0 amide bonds. The van der Waals surface area contributed by atoms with Gasteiger partial charge in [0.05, 0.1) is 0 Å². The van der Waals surface area contributed by atoms with Crippen LogP contribution >= 0.6 is 0 Å². The molecule has 1 rings (SSSR count). The van der Waals surface area contributed by atoms with Crippen LogP contribution in [0.15, 0.2) is 36.5 Å². The van der Waals surface area contributed by atoms with Crippen LogP contribution in [0.25, 0.3) is 0 Å². The lowest BCUT2D eigenvalue weighted by Gasteiger charge is -2.02. The van der Waals surface area contributed by atoms with Gasteiger partial charge in [-0.2, -0.15) is 0 Å². The molecule has 0 aliphatic rings. The van der Waals surface area contributed by atoms with E-state index in [1.54, 1.807) is 0 Å². The minimum absolute atomic E-state index is 0.0370. The van der Waals surface area contributed by atoms with Crippen LogP contribution in [0.2, 0.25) is 0 Å². The van der Waals surface area contributed by atoms with Gasteiger partial charge in [-0.1, -0.05) is 50.5 Å². The highest BCUT2D eigenvalue weighted by atomic mass is 16.1. The van der Waals surface area contributed by atoms with Crippen LogP contribution in [0.4, 0.5) is 0 Å². The Kier molecular flexibility index (Phi) is 6.08. The standard InChI is InChI=1S/C15H21NO/c1-2-3-4-5-6-13-7-9-14(10-8-13)15(17)11-12-16/h7-12H,2-6,16H2,1H3. The van der Waals surface area contributed by atoms with Gasteiger partial charge in [-0.3, -0.25) is 4.79 Å². The number of carbonyl (C=O) groups is 1. The van der Waals surface area contributed by atoms with E-state index < -0.39 is 0 Å². The Morgan fingerprint density at radius 2 is 1.88 bits per heavy atom. The number of allylic oxidation sites excluding steroid dienone is 1. The zero-order valence-corrected chi connectivity index (χ0v) is 10.5. The van der Waals surface area contributed by atoms with Crippen LogP contribution in [0, 0.1) is 0 Å². The third-order valence-electron chi connectivity index (χ3n) is 2.81. The molecule has 92 valence electrons. The minimum Gasteiger partial charge on any atom is -0.404 e. The van der Waals surface area contributed by atoms with E-state index in [0.717, 1.165) is 6.42 Å². The molecular weight excluding hydrogens is 210 g/mol. The molecular formula is C15H21NO. The topological polar surface area (TPSA) is 43.1 Å². The lowest BCUT2D eigenvalue weighted by Crippen LogP contribution is -1.96. The van der Waals surface area contributed by atoms with Gasteiger partial charge in [-0.05, 0) is 24.6 Å². The summed E-state index contributed by atoms with van der Waals surface area (Å²) >= 11 is 0. The predicted molar refractivity (Wildman–Crippen MR) is 71.9 cm³/mol. The average Bonchev–Trinajstić information content (AvgIpc) is 2.36. The Morgan fingerprint density at radius 1 is 1.18 bits per heavy atom. The second-order valence-electron chi connectivity index (χ2n) is 4.23. The van der Waals surface area contributed by atoms with E-state index in [9.17, 15) is 4.79 Å². The summed E-state index contributed by atoms with van der Waals surface area (Å²) in [5.74, 6) is -0.0370. The molecule has 2 nitrogen and oxygen atoms in total. The molecule has 0 fully saturated rings. The Bertz CT molecular complexity index is 365. The van der Waals surface area contributed by atoms with Crippen LogP contribution in [0.1, 0.15) is 48.5 Å². The van der Waals surface area contributed by atoms with Gasteiger partial charge in [0.15, 0.2) is 5.78 Å². The van der Waals surface area contributed by atoms with E-state index in [-0.39, 0.29) is 5.78 Å². The predicted octanol–water partition coefficient (Wildman–Crippen LogP) is 3.46. The van der Waals surface area contributed by atoms with Gasteiger partial charge >= 0.3 is 0 Å². The van der Waals surface area contributed by atoms with Gasteiger partial charge in [0.1, 0.15) is 0 Å². The van der Waals surface area contributed by atoms with Crippen LogP contribution in [0.3, 0.4) is 0 Å². The van der Waals surface area contributed by atoms with Crippen molar-refractivity contribution >= 4 is 5.78 Å². The number of nitrogens with two attached hydrogens (primary N) is 1. The summed E-state index contributed by atoms with van der Waals surface area (Å²) in [7, 11) is 0. The largest absolute Gasteiger partial charge is 0.404 e. The highest BCUT2D eigenvalue weighted by Gasteiger charge is 2.01. The van der Waals surface area contributed by atoms with Gasteiger partial charge in [0.25, 0.3) is 0 Å². The number of unbranched alkanes of at least 4 members (excludes halogenated alkanes) is 3. The van der Waals surface area contributed by atoms with Crippen molar-refractivity contribution in [3.05, 3.63) is 47.7 Å². The molecule has 0 aromatic heterocycles. The van der Waals surface area contributed by atoms with Crippen LogP contribution in [0.5, 0.6) is 0 Å². The van der Waals surface area contributed by atoms with E-state index >= 15 is 0 Å². The molecule has 0 bridgehead atoms. The number of benzene rings is 1. The van der Waals surface area contributed by atoms with E-state index in [1.165, 1.54) is 43.5 Å². The first-order chi connectivity index (χ1) is 8.27. The Balaban J connectivity index is 2.47. The highest BCUT2D eigenvalue weighted by Crippen LogP contribution is 2.10. The molecule has 1 aromatic carbocycles. The summed E-state index contributed by atoms with van der Waals surface area (Å²) in [6.45, 7) is 2.21. The number of aryl methyl sites for hydroxylation is 1. The number of carbonyl (C=O) groups excluding carboxylic acids is 1. The first-order valence-electron chi connectivity index (χ1n) is 6.29. The van der Waals surface area contributed by atoms with Crippen LogP contribution < -0.4 is 5.73 Å². The fourth-order valence-electron chi connectivity index (χ4n) is 1.78. The first kappa shape index (κ1) is 13.5. The molecule has 0 unspecified atom stereocenters. The normalized spacial score (nSPS) is 10.9. The second-order valence-corrected chi connectivity index (χ2v) is 4.23. The summed E-state index contributed by atoms with van der Waals surface area (Å²) in [5, 5.41) is 0. The molecule has 0 spiro atoms. The van der Waals surface area contributed by atoms with Crippen molar-refractivity contribution in [2.75, 3.05) is 0 Å². The van der Waals surface area contributed by atoms with Gasteiger partial charge < -0.3 is 5.73 Å². The van der Waals surface area contributed by atoms with Crippen molar-refractivity contribution < 1.29 is 4.79 Å². The van der Waals surface area contributed by atoms with E-state index in [4.69, 9.17) is 5.73 Å². The third-order valence-corrected chi connectivity index (χ3v) is 2.81. The van der Waals surface area contributed by atoms with E-state index in [0.29, 0.717) is 5.56 Å². The number of hydrogen-bond acceptors (Lipinski definition) is 2. The quantitative estimate of drug-likeness (QED) is 0.443. The third kappa shape index (κ3) is 4.85. The summed E-state index contributed by atoms with van der Waals surface area (Å²) in [6.07, 6.45) is 8.84. The van der Waals surface area contributed by atoms with Crippen molar-refractivity contribution in [3.63, 3.8) is 0 Å². The van der Waals surface area contributed by atoms with Crippen molar-refractivity contribution in [3.8, 4) is 0 Å². The van der Waals surface area contributed by atoms with Crippen molar-refractivity contribution in [1.82, 2.24) is 0 Å². The zero-order valence-electron chi connectivity index (χ0n) is 10.5. The molecule has 2 heteroatoms. The molecule has 0 radical (unpaired) electrons. The Labute approximate surface area is 104 Å². The van der Waals surface area contributed by atoms with Crippen LogP contribution in [-0.2, 0) is 6.42 Å². The molecule has 1 aromatic rings. The summed E-state index contributed by atoms with van der Waals surface area (Å²) < 4.78 is 0. The van der Waals surface area contributed by atoms with Gasteiger partial charge in [-0.25, -0.2) is 0 Å². The Hall–Kier alpha value is -1.57. The van der Waals surface area contributed by atoms with Gasteiger partial charge in [0, 0.05) is 11.6 Å². The SMILES string of the molecule is CCCCCCc1ccc(C(=O)C=CN)cc1. The first-order valence-corrected chi connectivity index (χ1v) is 6.29. The summed E-state index contributed by atoms with van der Waals surface area (Å²) in [4.78, 5) is 11.5. The smallest absolute Gasteiger partial charge is 0.187 e. The maximum absolute atomic E-state index is 11.5. The summed E-state index contributed by atoms with van der Waals surface area (Å²) in [6, 6.07) is 7.81. The van der Waals surface area contributed by atoms with Gasteiger partial charge in [0.2, 0.25) is 0 Å². The van der Waals surface area contributed by atoms with Crippen molar-refractivity contribution in [1.29, 1.82) is 0 Å². The number of ketones is 1. The minimum atomic E-state index is -0.0370. The molecule has 0 aliphatic carbocycles. The maximum atomic E-state index is 11.5. The lowest BCUT2D eigenvalue weighted by molar-refractivity contribution is 0.104. The fraction of sp³-hybridized carbons (Fsp3) is 0.400. The number of hydrogen-bond donors (Lipinski definition) is 1. The molecule has 0 heterocycles. The zero-order chi connectivity index (χ0) is 12.5. The maximum Gasteiger partial charge on any atom is 0.187 e. The van der Waals surface area contributed by atoms with Crippen molar-refractivity contribution in [2.45, 2.75) is 39.0 Å². The second kappa shape index (κ2) is 7.66. The molecule has 0 aliphatic heterocycles. The molecule has 0 atom stereocenters. The van der Waals surface area contributed by atoms with Crippen LogP contribution in [-0.4, -0.2) is 5.78 Å². The Morgan fingerprint density at radius 3 is 2.47 bits per heavy atom. The average molecular weight is 231 g/mol. The summed E-state index contributed by atoms with van der Waals surface area (Å²) in [5.41, 5.74) is 7.19. The number of rotatable bonds is 7. The van der Waals surface area contributed by atoms with Crippen molar-refractivity contribution in [2.24, 2.45) is 5.73 Å². The molecule has 2 N–H and O–H groups in total.